The second-order valence-corrected chi connectivity index (χ2v) is 7.88. The fraction of sp³-hybridized carbons (Fsp3) is 0.391. The number of fused-ring (bicyclic) bond motifs is 1. The van der Waals surface area contributed by atoms with Crippen LogP contribution in [0, 0.1) is 5.92 Å². The minimum Gasteiger partial charge on any atom is -0.486 e. The van der Waals surface area contributed by atoms with E-state index in [2.05, 4.69) is 17.0 Å². The highest BCUT2D eigenvalue weighted by Crippen LogP contribution is 2.36. The summed E-state index contributed by atoms with van der Waals surface area (Å²) in [5.41, 5.74) is 1.94. The number of carbonyl (C=O) groups is 2. The van der Waals surface area contributed by atoms with E-state index in [9.17, 15) is 9.59 Å². The van der Waals surface area contributed by atoms with Gasteiger partial charge < -0.3 is 24.2 Å². The lowest BCUT2D eigenvalue weighted by Crippen LogP contribution is -2.50. The Kier molecular flexibility index (Phi) is 4.94. The van der Waals surface area contributed by atoms with E-state index < -0.39 is 0 Å². The summed E-state index contributed by atoms with van der Waals surface area (Å²) in [5, 5.41) is 0. The molecule has 2 aromatic rings. The number of nitrogens with zero attached hydrogens (tertiary/aromatic N) is 3. The predicted molar refractivity (Wildman–Crippen MR) is 113 cm³/mol. The topological polar surface area (TPSA) is 62.3 Å². The van der Waals surface area contributed by atoms with Crippen molar-refractivity contribution in [2.24, 2.45) is 5.92 Å². The van der Waals surface area contributed by atoms with Gasteiger partial charge in [0.15, 0.2) is 11.5 Å². The molecular weight excluding hydrogens is 382 g/mol. The van der Waals surface area contributed by atoms with Gasteiger partial charge in [-0.3, -0.25) is 9.59 Å². The first kappa shape index (κ1) is 18.8. The maximum absolute atomic E-state index is 13.1. The van der Waals surface area contributed by atoms with Crippen LogP contribution in [0.1, 0.15) is 6.42 Å². The van der Waals surface area contributed by atoms with Gasteiger partial charge in [-0.1, -0.05) is 18.2 Å². The number of rotatable bonds is 3. The molecular formula is C23H25N3O4. The summed E-state index contributed by atoms with van der Waals surface area (Å²) in [6.45, 7) is 4.43. The van der Waals surface area contributed by atoms with Crippen molar-refractivity contribution >= 4 is 23.2 Å². The van der Waals surface area contributed by atoms with Gasteiger partial charge in [-0.25, -0.2) is 0 Å². The number of amides is 2. The largest absolute Gasteiger partial charge is 0.486 e. The van der Waals surface area contributed by atoms with Crippen molar-refractivity contribution in [3.63, 3.8) is 0 Å². The highest BCUT2D eigenvalue weighted by atomic mass is 16.6. The summed E-state index contributed by atoms with van der Waals surface area (Å²) in [5.74, 6) is 1.11. The number of carbonyl (C=O) groups excluding carboxylic acids is 2. The number of para-hydroxylation sites is 1. The molecule has 2 aromatic carbocycles. The maximum Gasteiger partial charge on any atom is 0.228 e. The quantitative estimate of drug-likeness (QED) is 0.780. The molecule has 3 aliphatic heterocycles. The molecule has 0 radical (unpaired) electrons. The SMILES string of the molecule is O=C([C@@H]1CC(=O)N(c2ccc3c(c2)OCCO3)C1)N1CCN(c2ccccc2)CC1. The van der Waals surface area contributed by atoms with Crippen molar-refractivity contribution in [2.45, 2.75) is 6.42 Å². The van der Waals surface area contributed by atoms with Crippen LogP contribution in [0.15, 0.2) is 48.5 Å². The fourth-order valence-electron chi connectivity index (χ4n) is 4.40. The van der Waals surface area contributed by atoms with Gasteiger partial charge in [-0.05, 0) is 24.3 Å². The highest BCUT2D eigenvalue weighted by Gasteiger charge is 2.38. The molecule has 0 bridgehead atoms. The first-order valence-electron chi connectivity index (χ1n) is 10.5. The Balaban J connectivity index is 1.22. The Hall–Kier alpha value is -3.22. The zero-order valence-corrected chi connectivity index (χ0v) is 16.8. The zero-order chi connectivity index (χ0) is 20.5. The third-order valence-electron chi connectivity index (χ3n) is 6.02. The number of hydrogen-bond acceptors (Lipinski definition) is 5. The first-order valence-corrected chi connectivity index (χ1v) is 10.5. The van der Waals surface area contributed by atoms with Crippen molar-refractivity contribution in [2.75, 3.05) is 55.7 Å². The van der Waals surface area contributed by atoms with Crippen molar-refractivity contribution in [1.82, 2.24) is 4.90 Å². The van der Waals surface area contributed by atoms with Gasteiger partial charge in [0.1, 0.15) is 13.2 Å². The molecule has 7 nitrogen and oxygen atoms in total. The van der Waals surface area contributed by atoms with E-state index in [4.69, 9.17) is 9.47 Å². The van der Waals surface area contributed by atoms with Crippen LogP contribution < -0.4 is 19.3 Å². The van der Waals surface area contributed by atoms with E-state index in [1.165, 1.54) is 5.69 Å². The second-order valence-electron chi connectivity index (χ2n) is 7.88. The van der Waals surface area contributed by atoms with E-state index in [-0.39, 0.29) is 24.2 Å². The van der Waals surface area contributed by atoms with Gasteiger partial charge in [0.2, 0.25) is 11.8 Å². The van der Waals surface area contributed by atoms with Crippen LogP contribution in [0.4, 0.5) is 11.4 Å². The average Bonchev–Trinajstić information content (AvgIpc) is 3.20. The Morgan fingerprint density at radius 2 is 1.60 bits per heavy atom. The normalized spacial score (nSPS) is 21.1. The van der Waals surface area contributed by atoms with Gasteiger partial charge in [-0.15, -0.1) is 0 Å². The lowest BCUT2D eigenvalue weighted by Gasteiger charge is -2.37. The molecule has 5 rings (SSSR count). The van der Waals surface area contributed by atoms with Gasteiger partial charge in [-0.2, -0.15) is 0 Å². The summed E-state index contributed by atoms with van der Waals surface area (Å²) in [6.07, 6.45) is 0.256. The molecule has 3 aliphatic rings. The van der Waals surface area contributed by atoms with Gasteiger partial charge in [0.05, 0.1) is 5.92 Å². The van der Waals surface area contributed by atoms with Crippen LogP contribution in [0.2, 0.25) is 0 Å². The molecule has 0 spiro atoms. The third kappa shape index (κ3) is 3.56. The predicted octanol–water partition coefficient (Wildman–Crippen LogP) is 2.16. The van der Waals surface area contributed by atoms with Crippen LogP contribution in [0.5, 0.6) is 11.5 Å². The van der Waals surface area contributed by atoms with E-state index in [1.54, 1.807) is 4.90 Å². The third-order valence-corrected chi connectivity index (χ3v) is 6.02. The molecule has 2 fully saturated rings. The Bertz CT molecular complexity index is 941. The van der Waals surface area contributed by atoms with Crippen LogP contribution in [0.25, 0.3) is 0 Å². The number of ether oxygens (including phenoxy) is 2. The highest BCUT2D eigenvalue weighted by molar-refractivity contribution is 6.00. The molecule has 0 unspecified atom stereocenters. The molecule has 2 saturated heterocycles. The van der Waals surface area contributed by atoms with Crippen molar-refractivity contribution in [1.29, 1.82) is 0 Å². The molecule has 0 aromatic heterocycles. The number of anilines is 2. The lowest BCUT2D eigenvalue weighted by atomic mass is 10.1. The molecule has 3 heterocycles. The van der Waals surface area contributed by atoms with Crippen LogP contribution in [-0.4, -0.2) is 62.7 Å². The second kappa shape index (κ2) is 7.89. The fourth-order valence-corrected chi connectivity index (χ4v) is 4.40. The lowest BCUT2D eigenvalue weighted by molar-refractivity contribution is -0.136. The van der Waals surface area contributed by atoms with Gasteiger partial charge in [0.25, 0.3) is 0 Å². The monoisotopic (exact) mass is 407 g/mol. The molecule has 2 amide bonds. The van der Waals surface area contributed by atoms with Crippen LogP contribution >= 0.6 is 0 Å². The van der Waals surface area contributed by atoms with Gasteiger partial charge >= 0.3 is 0 Å². The van der Waals surface area contributed by atoms with Crippen molar-refractivity contribution in [3.05, 3.63) is 48.5 Å². The van der Waals surface area contributed by atoms with Gasteiger partial charge in [0, 0.05) is 56.6 Å². The van der Waals surface area contributed by atoms with E-state index >= 15 is 0 Å². The van der Waals surface area contributed by atoms with E-state index in [0.717, 1.165) is 18.8 Å². The Labute approximate surface area is 175 Å². The summed E-state index contributed by atoms with van der Waals surface area (Å²) in [6, 6.07) is 15.8. The molecule has 1 atom stereocenters. The molecule has 30 heavy (non-hydrogen) atoms. The Morgan fingerprint density at radius 1 is 0.867 bits per heavy atom. The molecule has 7 heteroatoms. The minimum absolute atomic E-state index is 0.0204. The molecule has 156 valence electrons. The zero-order valence-electron chi connectivity index (χ0n) is 16.8. The number of benzene rings is 2. The van der Waals surface area contributed by atoms with Crippen molar-refractivity contribution < 1.29 is 19.1 Å². The number of piperazine rings is 1. The van der Waals surface area contributed by atoms with Crippen LogP contribution in [0.3, 0.4) is 0 Å². The maximum atomic E-state index is 13.1. The standard InChI is InChI=1S/C23H25N3O4/c27-22-14-17(16-26(22)19-6-7-20-21(15-19)30-13-12-29-20)23(28)25-10-8-24(9-11-25)18-4-2-1-3-5-18/h1-7,15,17H,8-14,16H2/t17-/m1/s1. The number of hydrogen-bond donors (Lipinski definition) is 0. The molecule has 0 N–H and O–H groups in total. The minimum atomic E-state index is -0.297. The Morgan fingerprint density at radius 3 is 2.37 bits per heavy atom. The first-order chi connectivity index (χ1) is 14.7. The molecule has 0 saturated carbocycles. The average molecular weight is 407 g/mol. The molecule has 0 aliphatic carbocycles. The summed E-state index contributed by atoms with van der Waals surface area (Å²) >= 11 is 0. The van der Waals surface area contributed by atoms with Crippen molar-refractivity contribution in [3.8, 4) is 11.5 Å². The van der Waals surface area contributed by atoms with E-state index in [1.807, 2.05) is 41.3 Å². The summed E-state index contributed by atoms with van der Waals surface area (Å²) in [7, 11) is 0. The van der Waals surface area contributed by atoms with Crippen LogP contribution in [-0.2, 0) is 9.59 Å². The smallest absolute Gasteiger partial charge is 0.228 e. The summed E-state index contributed by atoms with van der Waals surface area (Å²) < 4.78 is 11.2. The summed E-state index contributed by atoms with van der Waals surface area (Å²) in [4.78, 5) is 31.6. The van der Waals surface area contributed by atoms with E-state index in [0.29, 0.717) is 44.3 Å².